The molecule has 1 fully saturated rings. The third kappa shape index (κ3) is 13.7. The van der Waals surface area contributed by atoms with Gasteiger partial charge in [-0.1, -0.05) is 51.9 Å². The summed E-state index contributed by atoms with van der Waals surface area (Å²) in [4.78, 5) is 13.8. The first-order valence-electron chi connectivity index (χ1n) is 13.0. The van der Waals surface area contributed by atoms with Gasteiger partial charge in [-0.3, -0.25) is 0 Å². The molecule has 0 spiro atoms. The predicted octanol–water partition coefficient (Wildman–Crippen LogP) is 3.55. The molecule has 33 heavy (non-hydrogen) atoms. The number of nitrogens with one attached hydrogen (secondary N) is 2. The van der Waals surface area contributed by atoms with Crippen molar-refractivity contribution in [2.24, 2.45) is 5.73 Å². The van der Waals surface area contributed by atoms with E-state index in [4.69, 9.17) is 19.9 Å². The summed E-state index contributed by atoms with van der Waals surface area (Å²) in [6.07, 6.45) is 13.6. The maximum absolute atomic E-state index is 5.71. The number of nitrogens with zero attached hydrogens (tertiary/aromatic N) is 3. The number of aryl methyl sites for hydroxylation is 1. The minimum absolute atomic E-state index is 0.240. The number of anilines is 2. The van der Waals surface area contributed by atoms with Crippen molar-refractivity contribution in [3.8, 4) is 0 Å². The van der Waals surface area contributed by atoms with E-state index in [1.165, 1.54) is 44.9 Å². The molecule has 1 aromatic heterocycles. The average molecular weight is 467 g/mol. The van der Waals surface area contributed by atoms with E-state index < -0.39 is 0 Å². The summed E-state index contributed by atoms with van der Waals surface area (Å²) >= 11 is 0. The summed E-state index contributed by atoms with van der Waals surface area (Å²) in [6, 6.07) is 0. The SMILES string of the molecule is CCCCCCCCCCc1nc(NCCOCCOCCN)nc(NCC2CCCO2)n1. The van der Waals surface area contributed by atoms with Gasteiger partial charge in [-0.05, 0) is 19.3 Å². The van der Waals surface area contributed by atoms with E-state index in [0.717, 1.165) is 44.7 Å². The third-order valence-electron chi connectivity index (χ3n) is 5.61. The Bertz CT molecular complexity index is 563. The summed E-state index contributed by atoms with van der Waals surface area (Å²) < 4.78 is 16.6. The highest BCUT2D eigenvalue weighted by Crippen LogP contribution is 2.14. The van der Waals surface area contributed by atoms with Crippen LogP contribution in [0.4, 0.5) is 11.9 Å². The highest BCUT2D eigenvalue weighted by atomic mass is 16.5. The van der Waals surface area contributed by atoms with Gasteiger partial charge in [0.2, 0.25) is 11.9 Å². The quantitative estimate of drug-likeness (QED) is 0.234. The van der Waals surface area contributed by atoms with E-state index in [-0.39, 0.29) is 6.10 Å². The third-order valence-corrected chi connectivity index (χ3v) is 5.61. The van der Waals surface area contributed by atoms with Gasteiger partial charge < -0.3 is 30.6 Å². The van der Waals surface area contributed by atoms with Crippen LogP contribution >= 0.6 is 0 Å². The molecule has 1 aliphatic heterocycles. The molecule has 0 aromatic carbocycles. The van der Waals surface area contributed by atoms with Crippen LogP contribution in [-0.2, 0) is 20.6 Å². The van der Waals surface area contributed by atoms with E-state index in [1.807, 2.05) is 0 Å². The van der Waals surface area contributed by atoms with E-state index in [0.29, 0.717) is 51.4 Å². The van der Waals surface area contributed by atoms with Crippen LogP contribution in [0.5, 0.6) is 0 Å². The van der Waals surface area contributed by atoms with Gasteiger partial charge in [0.15, 0.2) is 0 Å². The van der Waals surface area contributed by atoms with Gasteiger partial charge in [-0.25, -0.2) is 0 Å². The van der Waals surface area contributed by atoms with E-state index in [9.17, 15) is 0 Å². The lowest BCUT2D eigenvalue weighted by Gasteiger charge is -2.13. The molecule has 1 unspecified atom stereocenters. The Morgan fingerprint density at radius 2 is 1.58 bits per heavy atom. The Hall–Kier alpha value is -1.55. The summed E-state index contributed by atoms with van der Waals surface area (Å²) in [7, 11) is 0. The van der Waals surface area contributed by atoms with E-state index in [2.05, 4.69) is 32.5 Å². The lowest BCUT2D eigenvalue weighted by Crippen LogP contribution is -2.21. The molecule has 1 aliphatic rings. The number of rotatable bonds is 21. The van der Waals surface area contributed by atoms with Crippen LogP contribution < -0.4 is 16.4 Å². The predicted molar refractivity (Wildman–Crippen MR) is 133 cm³/mol. The number of unbranched alkanes of at least 4 members (excludes halogenated alkanes) is 7. The first-order chi connectivity index (χ1) is 16.3. The summed E-state index contributed by atoms with van der Waals surface area (Å²) in [5.74, 6) is 2.05. The fraction of sp³-hybridized carbons (Fsp3) is 0.875. The molecular formula is C24H46N6O3. The molecule has 0 bridgehead atoms. The zero-order valence-corrected chi connectivity index (χ0v) is 20.7. The zero-order chi connectivity index (χ0) is 23.4. The second-order valence-corrected chi connectivity index (χ2v) is 8.58. The van der Waals surface area contributed by atoms with Crippen molar-refractivity contribution < 1.29 is 14.2 Å². The molecule has 1 aromatic rings. The van der Waals surface area contributed by atoms with Crippen molar-refractivity contribution in [1.29, 1.82) is 0 Å². The van der Waals surface area contributed by atoms with Crippen LogP contribution in [0.2, 0.25) is 0 Å². The van der Waals surface area contributed by atoms with Crippen LogP contribution in [0.15, 0.2) is 0 Å². The fourth-order valence-electron chi connectivity index (χ4n) is 3.76. The van der Waals surface area contributed by atoms with Crippen molar-refractivity contribution in [3.63, 3.8) is 0 Å². The Morgan fingerprint density at radius 3 is 2.27 bits per heavy atom. The number of hydrogen-bond acceptors (Lipinski definition) is 9. The first kappa shape index (κ1) is 27.7. The molecule has 0 amide bonds. The average Bonchev–Trinajstić information content (AvgIpc) is 3.35. The van der Waals surface area contributed by atoms with Crippen LogP contribution in [0.25, 0.3) is 0 Å². The molecular weight excluding hydrogens is 420 g/mol. The van der Waals surface area contributed by atoms with Crippen molar-refractivity contribution in [3.05, 3.63) is 5.82 Å². The zero-order valence-electron chi connectivity index (χ0n) is 20.7. The topological polar surface area (TPSA) is 116 Å². The molecule has 1 saturated heterocycles. The molecule has 0 aliphatic carbocycles. The van der Waals surface area contributed by atoms with Crippen molar-refractivity contribution in [2.75, 3.05) is 63.3 Å². The molecule has 9 nitrogen and oxygen atoms in total. The minimum atomic E-state index is 0.240. The number of nitrogens with two attached hydrogens (primary N) is 1. The van der Waals surface area contributed by atoms with Gasteiger partial charge in [0, 0.05) is 32.7 Å². The van der Waals surface area contributed by atoms with Crippen molar-refractivity contribution in [1.82, 2.24) is 15.0 Å². The Labute approximate surface area is 200 Å². The van der Waals surface area contributed by atoms with E-state index in [1.54, 1.807) is 0 Å². The summed E-state index contributed by atoms with van der Waals surface area (Å²) in [6.45, 7) is 7.23. The van der Waals surface area contributed by atoms with Crippen LogP contribution in [0.1, 0.15) is 77.0 Å². The smallest absolute Gasteiger partial charge is 0.227 e. The number of ether oxygens (including phenoxy) is 3. The van der Waals surface area contributed by atoms with Gasteiger partial charge in [-0.2, -0.15) is 15.0 Å². The van der Waals surface area contributed by atoms with Crippen LogP contribution in [0, 0.1) is 0 Å². The van der Waals surface area contributed by atoms with Crippen molar-refractivity contribution >= 4 is 11.9 Å². The van der Waals surface area contributed by atoms with Gasteiger partial charge in [0.1, 0.15) is 5.82 Å². The molecule has 0 saturated carbocycles. The normalized spacial score (nSPS) is 15.8. The van der Waals surface area contributed by atoms with Crippen molar-refractivity contribution in [2.45, 2.75) is 83.7 Å². The lowest BCUT2D eigenvalue weighted by molar-refractivity contribution is 0.0547. The van der Waals surface area contributed by atoms with E-state index >= 15 is 0 Å². The Balaban J connectivity index is 1.74. The first-order valence-corrected chi connectivity index (χ1v) is 13.0. The van der Waals surface area contributed by atoms with Gasteiger partial charge in [-0.15, -0.1) is 0 Å². The maximum atomic E-state index is 5.71. The molecule has 2 heterocycles. The largest absolute Gasteiger partial charge is 0.378 e. The van der Waals surface area contributed by atoms with Gasteiger partial charge in [0.05, 0.1) is 32.5 Å². The molecule has 190 valence electrons. The summed E-state index contributed by atoms with van der Waals surface area (Å²) in [5, 5.41) is 6.61. The van der Waals surface area contributed by atoms with Gasteiger partial charge >= 0.3 is 0 Å². The summed E-state index contributed by atoms with van der Waals surface area (Å²) in [5.41, 5.74) is 5.40. The minimum Gasteiger partial charge on any atom is -0.378 e. The molecule has 0 radical (unpaired) electrons. The highest BCUT2D eigenvalue weighted by molar-refractivity contribution is 5.34. The Morgan fingerprint density at radius 1 is 0.879 bits per heavy atom. The van der Waals surface area contributed by atoms with Gasteiger partial charge in [0.25, 0.3) is 0 Å². The van der Waals surface area contributed by atoms with Crippen LogP contribution in [-0.4, -0.2) is 73.7 Å². The fourth-order valence-corrected chi connectivity index (χ4v) is 3.76. The standard InChI is InChI=1S/C24H46N6O3/c1-2-3-4-5-6-7-8-9-12-22-28-23(26-14-17-32-19-18-31-16-13-25)30-24(29-22)27-20-21-11-10-15-33-21/h21H,2-20,25H2,1H3,(H2,26,27,28,29,30). The molecule has 4 N–H and O–H groups in total. The highest BCUT2D eigenvalue weighted by Gasteiger charge is 2.16. The molecule has 9 heteroatoms. The maximum Gasteiger partial charge on any atom is 0.227 e. The van der Waals surface area contributed by atoms with Crippen LogP contribution in [0.3, 0.4) is 0 Å². The Kier molecular flexibility index (Phi) is 15.8. The molecule has 1 atom stereocenters. The lowest BCUT2D eigenvalue weighted by atomic mass is 10.1. The number of aromatic nitrogens is 3. The number of hydrogen-bond donors (Lipinski definition) is 3. The second kappa shape index (κ2) is 18.8. The molecule has 2 rings (SSSR count). The monoisotopic (exact) mass is 466 g/mol. The second-order valence-electron chi connectivity index (χ2n) is 8.58.